The molecule has 1 unspecified atom stereocenters. The van der Waals surface area contributed by atoms with Gasteiger partial charge in [0.2, 0.25) is 0 Å². The molecule has 41 heavy (non-hydrogen) atoms. The van der Waals surface area contributed by atoms with Crippen LogP contribution in [0.2, 0.25) is 5.02 Å². The van der Waals surface area contributed by atoms with E-state index in [1.54, 1.807) is 30.3 Å². The number of amides is 1. The lowest BCUT2D eigenvalue weighted by Crippen LogP contribution is -2.45. The summed E-state index contributed by atoms with van der Waals surface area (Å²) in [4.78, 5) is 29.0. The highest BCUT2D eigenvalue weighted by atomic mass is 79.9. The Bertz CT molecular complexity index is 1500. The molecule has 1 heterocycles. The number of esters is 1. The van der Waals surface area contributed by atoms with Gasteiger partial charge < -0.3 is 14.6 Å². The Kier molecular flexibility index (Phi) is 8.21. The second-order valence-corrected chi connectivity index (χ2v) is 12.9. The SMILES string of the molecule is COC(=O)[C@H]1c2ccc(F)cc2C(=O)N(c2ccc(C(C)(C)C)c(Cl)c2)[C@@H]1c1ccc(OCC(O)C2CC2)c(Br)c1. The molecule has 1 N–H and O–H groups in total. The van der Waals surface area contributed by atoms with Crippen LogP contribution in [0.15, 0.2) is 59.1 Å². The highest BCUT2D eigenvalue weighted by Gasteiger charge is 2.46. The summed E-state index contributed by atoms with van der Waals surface area (Å²) < 4.78 is 26.1. The highest BCUT2D eigenvalue weighted by Crippen LogP contribution is 2.48. The van der Waals surface area contributed by atoms with E-state index < -0.39 is 35.8 Å². The molecule has 0 saturated heterocycles. The van der Waals surface area contributed by atoms with Crippen molar-refractivity contribution in [3.05, 3.63) is 92.2 Å². The van der Waals surface area contributed by atoms with Crippen LogP contribution in [0.3, 0.4) is 0 Å². The van der Waals surface area contributed by atoms with E-state index >= 15 is 0 Å². The summed E-state index contributed by atoms with van der Waals surface area (Å²) in [6.07, 6.45) is 1.46. The smallest absolute Gasteiger partial charge is 0.315 e. The van der Waals surface area contributed by atoms with Crippen LogP contribution in [-0.2, 0) is 14.9 Å². The molecule has 216 valence electrons. The van der Waals surface area contributed by atoms with Gasteiger partial charge in [0.05, 0.1) is 23.7 Å². The van der Waals surface area contributed by atoms with Crippen molar-refractivity contribution in [2.45, 2.75) is 57.1 Å². The number of benzene rings is 3. The van der Waals surface area contributed by atoms with Gasteiger partial charge in [0, 0.05) is 16.3 Å². The minimum atomic E-state index is -0.954. The van der Waals surface area contributed by atoms with E-state index in [0.717, 1.165) is 24.5 Å². The fraction of sp³-hybridized carbons (Fsp3) is 0.375. The number of anilines is 1. The fourth-order valence-corrected chi connectivity index (χ4v) is 6.40. The zero-order valence-corrected chi connectivity index (χ0v) is 25.6. The Labute approximate surface area is 252 Å². The molecule has 3 atom stereocenters. The third-order valence-corrected chi connectivity index (χ3v) is 8.69. The Morgan fingerprint density at radius 3 is 2.49 bits per heavy atom. The Balaban J connectivity index is 1.64. The number of rotatable bonds is 7. The molecule has 2 aliphatic rings. The van der Waals surface area contributed by atoms with Gasteiger partial charge in [-0.3, -0.25) is 14.5 Å². The van der Waals surface area contributed by atoms with Crippen LogP contribution in [-0.4, -0.2) is 36.8 Å². The Hall–Kier alpha value is -2.94. The molecule has 0 aromatic heterocycles. The molecule has 0 bridgehead atoms. The monoisotopic (exact) mass is 643 g/mol. The average Bonchev–Trinajstić information content (AvgIpc) is 3.77. The van der Waals surface area contributed by atoms with Gasteiger partial charge in [-0.1, -0.05) is 50.6 Å². The first-order chi connectivity index (χ1) is 19.4. The normalized spacial score (nSPS) is 19.5. The van der Waals surface area contributed by atoms with Gasteiger partial charge in [0.1, 0.15) is 24.1 Å². The lowest BCUT2D eigenvalue weighted by Gasteiger charge is -2.41. The maximum absolute atomic E-state index is 14.4. The lowest BCUT2D eigenvalue weighted by molar-refractivity contribution is -0.143. The molecule has 1 aliphatic carbocycles. The van der Waals surface area contributed by atoms with Crippen molar-refractivity contribution in [3.63, 3.8) is 0 Å². The Morgan fingerprint density at radius 2 is 1.88 bits per heavy atom. The molecule has 3 aromatic carbocycles. The number of aliphatic hydroxyl groups is 1. The van der Waals surface area contributed by atoms with E-state index in [9.17, 15) is 19.1 Å². The van der Waals surface area contributed by atoms with Crippen LogP contribution < -0.4 is 9.64 Å². The average molecular weight is 645 g/mol. The predicted molar refractivity (Wildman–Crippen MR) is 159 cm³/mol. The molecular formula is C32H32BrClFNO5. The van der Waals surface area contributed by atoms with Gasteiger partial charge in [-0.25, -0.2) is 4.39 Å². The summed E-state index contributed by atoms with van der Waals surface area (Å²) in [6.45, 7) is 6.29. The number of halogens is 3. The first-order valence-electron chi connectivity index (χ1n) is 13.5. The van der Waals surface area contributed by atoms with Gasteiger partial charge in [0.15, 0.2) is 0 Å². The molecular weight excluding hydrogens is 613 g/mol. The largest absolute Gasteiger partial charge is 0.490 e. The van der Waals surface area contributed by atoms with Crippen molar-refractivity contribution < 1.29 is 28.6 Å². The zero-order valence-electron chi connectivity index (χ0n) is 23.3. The zero-order chi connectivity index (χ0) is 29.6. The van der Waals surface area contributed by atoms with Crippen molar-refractivity contribution in [1.82, 2.24) is 0 Å². The van der Waals surface area contributed by atoms with Crippen LogP contribution in [0.5, 0.6) is 5.75 Å². The van der Waals surface area contributed by atoms with E-state index in [4.69, 9.17) is 21.1 Å². The first-order valence-corrected chi connectivity index (χ1v) is 14.7. The van der Waals surface area contributed by atoms with Crippen molar-refractivity contribution in [2.24, 2.45) is 5.92 Å². The van der Waals surface area contributed by atoms with E-state index in [0.29, 0.717) is 32.1 Å². The van der Waals surface area contributed by atoms with Gasteiger partial charge in [-0.15, -0.1) is 0 Å². The van der Waals surface area contributed by atoms with Crippen molar-refractivity contribution in [1.29, 1.82) is 0 Å². The number of carbonyl (C=O) groups is 2. The second kappa shape index (κ2) is 11.4. The van der Waals surface area contributed by atoms with E-state index in [1.807, 2.05) is 26.8 Å². The van der Waals surface area contributed by atoms with Crippen molar-refractivity contribution >= 4 is 45.1 Å². The van der Waals surface area contributed by atoms with Crippen LogP contribution >= 0.6 is 27.5 Å². The Morgan fingerprint density at radius 1 is 1.15 bits per heavy atom. The van der Waals surface area contributed by atoms with E-state index in [-0.39, 0.29) is 23.5 Å². The summed E-state index contributed by atoms with van der Waals surface area (Å²) in [5.74, 6) is -1.77. The second-order valence-electron chi connectivity index (χ2n) is 11.7. The molecule has 3 aromatic rings. The molecule has 6 nitrogen and oxygen atoms in total. The third-order valence-electron chi connectivity index (χ3n) is 7.76. The molecule has 1 saturated carbocycles. The van der Waals surface area contributed by atoms with Gasteiger partial charge in [0.25, 0.3) is 5.91 Å². The molecule has 0 radical (unpaired) electrons. The number of aliphatic hydroxyl groups excluding tert-OH is 1. The van der Waals surface area contributed by atoms with Crippen LogP contribution in [0, 0.1) is 11.7 Å². The quantitative estimate of drug-likeness (QED) is 0.272. The molecule has 0 spiro atoms. The third kappa shape index (κ3) is 5.87. The summed E-state index contributed by atoms with van der Waals surface area (Å²) >= 11 is 10.3. The van der Waals surface area contributed by atoms with Gasteiger partial charge >= 0.3 is 5.97 Å². The molecule has 1 fully saturated rings. The van der Waals surface area contributed by atoms with Crippen LogP contribution in [0.25, 0.3) is 0 Å². The van der Waals surface area contributed by atoms with Gasteiger partial charge in [-0.2, -0.15) is 0 Å². The molecule has 9 heteroatoms. The summed E-state index contributed by atoms with van der Waals surface area (Å²) in [5.41, 5.74) is 2.22. The van der Waals surface area contributed by atoms with E-state index in [1.165, 1.54) is 24.1 Å². The predicted octanol–water partition coefficient (Wildman–Crippen LogP) is 7.35. The van der Waals surface area contributed by atoms with Crippen LogP contribution in [0.1, 0.15) is 72.6 Å². The first kappa shape index (κ1) is 29.5. The number of hydrogen-bond acceptors (Lipinski definition) is 5. The minimum absolute atomic E-state index is 0.0840. The number of carbonyl (C=O) groups excluding carboxylic acids is 2. The maximum atomic E-state index is 14.4. The molecule has 5 rings (SSSR count). The summed E-state index contributed by atoms with van der Waals surface area (Å²) in [5, 5.41) is 10.7. The van der Waals surface area contributed by atoms with Crippen LogP contribution in [0.4, 0.5) is 10.1 Å². The number of ether oxygens (including phenoxy) is 2. The fourth-order valence-electron chi connectivity index (χ4n) is 5.43. The molecule has 1 amide bonds. The van der Waals surface area contributed by atoms with Crippen molar-refractivity contribution in [2.75, 3.05) is 18.6 Å². The summed E-state index contributed by atoms with van der Waals surface area (Å²) in [6, 6.07) is 13.7. The minimum Gasteiger partial charge on any atom is -0.490 e. The highest BCUT2D eigenvalue weighted by molar-refractivity contribution is 9.10. The number of nitrogens with zero attached hydrogens (tertiary/aromatic N) is 1. The standard InChI is InChI=1S/C32H32BrClFNO5/c1-32(2,3)23-11-9-20(15-25(23)34)36-29(18-7-12-27(24(33)13-18)41-16-26(37)17-5-6-17)28(31(39)40-4)21-10-8-19(35)14-22(21)30(36)38/h7-15,17,26,28-29,37H,5-6,16H2,1-4H3/t26?,28-,29+/m0/s1. The lowest BCUT2D eigenvalue weighted by atomic mass is 9.79. The maximum Gasteiger partial charge on any atom is 0.315 e. The topological polar surface area (TPSA) is 76.1 Å². The molecule has 1 aliphatic heterocycles. The van der Waals surface area contributed by atoms with Gasteiger partial charge in [-0.05, 0) is 93.2 Å². The van der Waals surface area contributed by atoms with Crippen molar-refractivity contribution in [3.8, 4) is 5.75 Å². The van der Waals surface area contributed by atoms with E-state index in [2.05, 4.69) is 15.9 Å². The summed E-state index contributed by atoms with van der Waals surface area (Å²) in [7, 11) is 1.29. The number of methoxy groups -OCH3 is 1. The number of hydrogen-bond donors (Lipinski definition) is 1. The number of fused-ring (bicyclic) bond motifs is 1.